The van der Waals surface area contributed by atoms with Crippen LogP contribution in [0.25, 0.3) is 10.9 Å². The molecular formula is C16H21ClN2. The number of para-hydroxylation sites is 1. The van der Waals surface area contributed by atoms with Gasteiger partial charge in [0.15, 0.2) is 0 Å². The minimum atomic E-state index is 0. The number of halogens is 1. The molecule has 1 atom stereocenters. The molecule has 0 aliphatic heterocycles. The molecule has 1 aromatic carbocycles. The van der Waals surface area contributed by atoms with Gasteiger partial charge in [0.2, 0.25) is 0 Å². The van der Waals surface area contributed by atoms with E-state index in [-0.39, 0.29) is 18.4 Å². The van der Waals surface area contributed by atoms with Crippen molar-refractivity contribution >= 4 is 23.3 Å². The molecule has 3 heteroatoms. The van der Waals surface area contributed by atoms with E-state index < -0.39 is 0 Å². The van der Waals surface area contributed by atoms with Crippen LogP contribution in [0.2, 0.25) is 0 Å². The zero-order chi connectivity index (χ0) is 12.4. The number of fused-ring (bicyclic) bond motifs is 1. The van der Waals surface area contributed by atoms with Gasteiger partial charge in [-0.2, -0.15) is 0 Å². The van der Waals surface area contributed by atoms with Crippen LogP contribution in [0.15, 0.2) is 36.4 Å². The first-order chi connectivity index (χ1) is 8.84. The minimum absolute atomic E-state index is 0. The molecule has 2 nitrogen and oxygen atoms in total. The number of hydrogen-bond donors (Lipinski definition) is 1. The summed E-state index contributed by atoms with van der Waals surface area (Å²) in [5.74, 6) is 0.618. The summed E-state index contributed by atoms with van der Waals surface area (Å²) in [5, 5.41) is 1.19. The van der Waals surface area contributed by atoms with Gasteiger partial charge in [-0.3, -0.25) is 4.98 Å². The van der Waals surface area contributed by atoms with Gasteiger partial charge in [-0.25, -0.2) is 0 Å². The number of rotatable bonds is 2. The average Bonchev–Trinajstić information content (AvgIpc) is 2.47. The first-order valence-corrected chi connectivity index (χ1v) is 6.96. The van der Waals surface area contributed by atoms with Gasteiger partial charge >= 0.3 is 0 Å². The fraction of sp³-hybridized carbons (Fsp3) is 0.438. The number of benzene rings is 1. The molecule has 1 aromatic heterocycles. The van der Waals surface area contributed by atoms with E-state index in [9.17, 15) is 0 Å². The van der Waals surface area contributed by atoms with E-state index in [2.05, 4.69) is 24.3 Å². The van der Waals surface area contributed by atoms with Gasteiger partial charge in [0.05, 0.1) is 11.2 Å². The lowest BCUT2D eigenvalue weighted by Gasteiger charge is -2.27. The average molecular weight is 277 g/mol. The normalized spacial score (nSPS) is 17.9. The first-order valence-electron chi connectivity index (χ1n) is 6.96. The standard InChI is InChI=1S/C16H20N2.ClH/c17-16(13-7-2-1-3-8-13)15-11-10-12-6-4-5-9-14(12)18-15;/h4-6,9-11,13,16H,1-3,7-8,17H2;1H/t16-;/m0./s1. The molecule has 1 heterocycles. The van der Waals surface area contributed by atoms with Crippen molar-refractivity contribution in [3.63, 3.8) is 0 Å². The second kappa shape index (κ2) is 6.36. The Morgan fingerprint density at radius 1 is 1.00 bits per heavy atom. The predicted molar refractivity (Wildman–Crippen MR) is 82.5 cm³/mol. The number of aromatic nitrogens is 1. The van der Waals surface area contributed by atoms with E-state index in [4.69, 9.17) is 10.7 Å². The molecular weight excluding hydrogens is 256 g/mol. The third-order valence-corrected chi connectivity index (χ3v) is 4.12. The molecule has 102 valence electrons. The fourth-order valence-corrected chi connectivity index (χ4v) is 3.00. The predicted octanol–water partition coefficient (Wildman–Crippen LogP) is 4.24. The molecule has 19 heavy (non-hydrogen) atoms. The van der Waals surface area contributed by atoms with Crippen LogP contribution < -0.4 is 5.73 Å². The molecule has 1 aliphatic rings. The minimum Gasteiger partial charge on any atom is -0.322 e. The van der Waals surface area contributed by atoms with Crippen LogP contribution in [0.3, 0.4) is 0 Å². The Kier molecular flexibility index (Phi) is 4.78. The fourth-order valence-electron chi connectivity index (χ4n) is 3.00. The quantitative estimate of drug-likeness (QED) is 0.891. The van der Waals surface area contributed by atoms with E-state index in [0.717, 1.165) is 11.2 Å². The molecule has 0 unspecified atom stereocenters. The summed E-state index contributed by atoms with van der Waals surface area (Å²) in [6.07, 6.45) is 6.54. The van der Waals surface area contributed by atoms with Crippen LogP contribution >= 0.6 is 12.4 Å². The monoisotopic (exact) mass is 276 g/mol. The van der Waals surface area contributed by atoms with Gasteiger partial charge in [-0.15, -0.1) is 12.4 Å². The molecule has 0 saturated heterocycles. The number of hydrogen-bond acceptors (Lipinski definition) is 2. The van der Waals surface area contributed by atoms with Crippen molar-refractivity contribution in [2.45, 2.75) is 38.1 Å². The summed E-state index contributed by atoms with van der Waals surface area (Å²) in [7, 11) is 0. The van der Waals surface area contributed by atoms with Crippen molar-refractivity contribution in [1.29, 1.82) is 0 Å². The number of pyridine rings is 1. The van der Waals surface area contributed by atoms with Crippen LogP contribution in [0.1, 0.15) is 43.8 Å². The zero-order valence-corrected chi connectivity index (χ0v) is 11.9. The SMILES string of the molecule is Cl.N[C@H](c1ccc2ccccc2n1)C1CCCCC1. The Morgan fingerprint density at radius 3 is 2.53 bits per heavy atom. The topological polar surface area (TPSA) is 38.9 Å². The summed E-state index contributed by atoms with van der Waals surface area (Å²) in [6, 6.07) is 12.6. The number of nitrogens with zero attached hydrogens (tertiary/aromatic N) is 1. The van der Waals surface area contributed by atoms with Gasteiger partial charge in [0.25, 0.3) is 0 Å². The highest BCUT2D eigenvalue weighted by molar-refractivity contribution is 5.85. The second-order valence-electron chi connectivity index (χ2n) is 5.35. The highest BCUT2D eigenvalue weighted by Crippen LogP contribution is 2.32. The lowest BCUT2D eigenvalue weighted by molar-refractivity contribution is 0.305. The first kappa shape index (κ1) is 14.3. The van der Waals surface area contributed by atoms with E-state index in [1.807, 2.05) is 12.1 Å². The Labute approximate surface area is 120 Å². The van der Waals surface area contributed by atoms with E-state index >= 15 is 0 Å². The van der Waals surface area contributed by atoms with Gasteiger partial charge in [-0.1, -0.05) is 43.5 Å². The van der Waals surface area contributed by atoms with Crippen molar-refractivity contribution in [2.75, 3.05) is 0 Å². The lowest BCUT2D eigenvalue weighted by atomic mass is 9.83. The lowest BCUT2D eigenvalue weighted by Crippen LogP contribution is -2.24. The Hall–Kier alpha value is -1.12. The van der Waals surface area contributed by atoms with Crippen molar-refractivity contribution in [2.24, 2.45) is 11.7 Å². The van der Waals surface area contributed by atoms with Crippen molar-refractivity contribution in [3.8, 4) is 0 Å². The van der Waals surface area contributed by atoms with Crippen molar-refractivity contribution in [1.82, 2.24) is 4.98 Å². The van der Waals surface area contributed by atoms with E-state index in [1.54, 1.807) is 0 Å². The van der Waals surface area contributed by atoms with Gasteiger partial charge in [0.1, 0.15) is 0 Å². The van der Waals surface area contributed by atoms with Gasteiger partial charge in [-0.05, 0) is 30.9 Å². The van der Waals surface area contributed by atoms with Crippen LogP contribution in [0.5, 0.6) is 0 Å². The Morgan fingerprint density at radius 2 is 1.74 bits per heavy atom. The van der Waals surface area contributed by atoms with Crippen LogP contribution in [-0.4, -0.2) is 4.98 Å². The molecule has 0 bridgehead atoms. The maximum atomic E-state index is 6.40. The summed E-state index contributed by atoms with van der Waals surface area (Å²) < 4.78 is 0. The summed E-state index contributed by atoms with van der Waals surface area (Å²) in [4.78, 5) is 4.73. The molecule has 0 spiro atoms. The largest absolute Gasteiger partial charge is 0.322 e. The second-order valence-corrected chi connectivity index (χ2v) is 5.35. The summed E-state index contributed by atoms with van der Waals surface area (Å²) >= 11 is 0. The molecule has 0 amide bonds. The highest BCUT2D eigenvalue weighted by Gasteiger charge is 2.22. The van der Waals surface area contributed by atoms with Gasteiger partial charge in [0, 0.05) is 11.4 Å². The van der Waals surface area contributed by atoms with Crippen LogP contribution in [0, 0.1) is 5.92 Å². The molecule has 2 aromatic rings. The van der Waals surface area contributed by atoms with Crippen molar-refractivity contribution < 1.29 is 0 Å². The zero-order valence-electron chi connectivity index (χ0n) is 11.1. The number of nitrogens with two attached hydrogens (primary N) is 1. The third kappa shape index (κ3) is 3.07. The third-order valence-electron chi connectivity index (χ3n) is 4.12. The molecule has 1 saturated carbocycles. The molecule has 2 N–H and O–H groups in total. The van der Waals surface area contributed by atoms with Crippen molar-refractivity contribution in [3.05, 3.63) is 42.1 Å². The molecule has 1 aliphatic carbocycles. The smallest absolute Gasteiger partial charge is 0.0706 e. The Bertz CT molecular complexity index is 535. The summed E-state index contributed by atoms with van der Waals surface area (Å²) in [6.45, 7) is 0. The summed E-state index contributed by atoms with van der Waals surface area (Å²) in [5.41, 5.74) is 8.51. The van der Waals surface area contributed by atoms with Gasteiger partial charge < -0.3 is 5.73 Å². The van der Waals surface area contributed by atoms with Crippen LogP contribution in [-0.2, 0) is 0 Å². The Balaban J connectivity index is 0.00000133. The molecule has 3 rings (SSSR count). The van der Waals surface area contributed by atoms with E-state index in [0.29, 0.717) is 5.92 Å². The van der Waals surface area contributed by atoms with Crippen LogP contribution in [0.4, 0.5) is 0 Å². The maximum Gasteiger partial charge on any atom is 0.0706 e. The molecule has 0 radical (unpaired) electrons. The maximum absolute atomic E-state index is 6.40. The van der Waals surface area contributed by atoms with E-state index in [1.165, 1.54) is 37.5 Å². The molecule has 1 fully saturated rings. The highest BCUT2D eigenvalue weighted by atomic mass is 35.5.